The molecule has 1 atom stereocenters. The van der Waals surface area contributed by atoms with Gasteiger partial charge >= 0.3 is 5.97 Å². The zero-order valence-electron chi connectivity index (χ0n) is 19.9. The molecule has 1 unspecified atom stereocenters. The van der Waals surface area contributed by atoms with Crippen LogP contribution < -0.4 is 0 Å². The average Bonchev–Trinajstić information content (AvgIpc) is 3.25. The predicted octanol–water partition coefficient (Wildman–Crippen LogP) is 6.46. The largest absolute Gasteiger partial charge is 0.475 e. The molecule has 1 aliphatic carbocycles. The summed E-state index contributed by atoms with van der Waals surface area (Å²) in [6.45, 7) is 0.464. The van der Waals surface area contributed by atoms with Crippen LogP contribution >= 0.6 is 11.6 Å². The Morgan fingerprint density at radius 2 is 1.76 bits per heavy atom. The van der Waals surface area contributed by atoms with Crippen molar-refractivity contribution in [2.24, 2.45) is 5.92 Å². The summed E-state index contributed by atoms with van der Waals surface area (Å²) in [5, 5.41) is 9.59. The molecule has 1 fully saturated rings. The first-order chi connectivity index (χ1) is 17.9. The lowest BCUT2D eigenvalue weighted by Gasteiger charge is -2.32. The van der Waals surface area contributed by atoms with Gasteiger partial charge in [0.2, 0.25) is 5.82 Å². The molecule has 2 aromatic carbocycles. The van der Waals surface area contributed by atoms with E-state index in [1.54, 1.807) is 12.1 Å². The molecular formula is C27H25ClF2N4O3. The third-order valence-corrected chi connectivity index (χ3v) is 7.07. The lowest BCUT2D eigenvalue weighted by atomic mass is 9.83. The highest BCUT2D eigenvalue weighted by Crippen LogP contribution is 2.39. The molecule has 4 aromatic rings. The Balaban J connectivity index is 1.53. The Bertz CT molecular complexity index is 1400. The fourth-order valence-electron chi connectivity index (χ4n) is 5.01. The molecule has 2 heterocycles. The van der Waals surface area contributed by atoms with E-state index < -0.39 is 17.6 Å². The molecule has 1 N–H and O–H groups in total. The van der Waals surface area contributed by atoms with Crippen LogP contribution in [0.1, 0.15) is 54.3 Å². The second kappa shape index (κ2) is 10.9. The van der Waals surface area contributed by atoms with E-state index in [0.29, 0.717) is 27.4 Å². The zero-order valence-corrected chi connectivity index (χ0v) is 20.7. The van der Waals surface area contributed by atoms with Gasteiger partial charge < -0.3 is 14.4 Å². The van der Waals surface area contributed by atoms with Crippen molar-refractivity contribution in [3.05, 3.63) is 76.8 Å². The van der Waals surface area contributed by atoms with Crippen LogP contribution in [0.15, 0.2) is 48.8 Å². The summed E-state index contributed by atoms with van der Waals surface area (Å²) in [5.41, 5.74) is 2.27. The molecule has 5 rings (SSSR count). The SMILES string of the molecule is O=C(O)c1ncc(COCC(C2CCCCC2)n2c(-c3ccc(Cl)cc3)nc3cc(F)c(F)cc32)cn1. The number of carboxylic acids is 1. The first-order valence-corrected chi connectivity index (χ1v) is 12.5. The number of aromatic carboxylic acids is 1. The monoisotopic (exact) mass is 526 g/mol. The van der Waals surface area contributed by atoms with Crippen LogP contribution in [0.25, 0.3) is 22.4 Å². The van der Waals surface area contributed by atoms with Crippen molar-refractivity contribution < 1.29 is 23.4 Å². The van der Waals surface area contributed by atoms with Crippen molar-refractivity contribution in [2.45, 2.75) is 44.8 Å². The second-order valence-corrected chi connectivity index (χ2v) is 9.70. The van der Waals surface area contributed by atoms with Crippen molar-refractivity contribution in [1.82, 2.24) is 19.5 Å². The molecule has 7 nitrogen and oxygen atoms in total. The van der Waals surface area contributed by atoms with E-state index in [2.05, 4.69) is 9.97 Å². The number of nitrogens with zero attached hydrogens (tertiary/aromatic N) is 4. The van der Waals surface area contributed by atoms with Gasteiger partial charge in [0.25, 0.3) is 0 Å². The number of hydrogen-bond acceptors (Lipinski definition) is 5. The quantitative estimate of drug-likeness (QED) is 0.283. The van der Waals surface area contributed by atoms with E-state index in [0.717, 1.165) is 43.7 Å². The standard InChI is InChI=1S/C27H25ClF2N4O3/c28-19-8-6-18(7-9-19)26-33-22-10-20(29)21(30)11-23(22)34(26)24(17-4-2-1-3-5-17)15-37-14-16-12-31-25(27(35)36)32-13-16/h6-13,17,24H,1-5,14-15H2,(H,35,36). The number of hydrogen-bond donors (Lipinski definition) is 1. The van der Waals surface area contributed by atoms with Crippen molar-refractivity contribution >= 4 is 28.6 Å². The van der Waals surface area contributed by atoms with E-state index in [4.69, 9.17) is 26.4 Å². The van der Waals surface area contributed by atoms with Gasteiger partial charge in [-0.05, 0) is 43.0 Å². The van der Waals surface area contributed by atoms with Crippen molar-refractivity contribution in [3.8, 4) is 11.4 Å². The maximum absolute atomic E-state index is 14.4. The van der Waals surface area contributed by atoms with Crippen molar-refractivity contribution in [1.29, 1.82) is 0 Å². The Morgan fingerprint density at radius 3 is 2.43 bits per heavy atom. The lowest BCUT2D eigenvalue weighted by Crippen LogP contribution is -2.27. The van der Waals surface area contributed by atoms with Crippen LogP contribution in [-0.4, -0.2) is 37.2 Å². The van der Waals surface area contributed by atoms with E-state index in [-0.39, 0.29) is 31.0 Å². The molecule has 0 spiro atoms. The molecular weight excluding hydrogens is 502 g/mol. The molecule has 2 aromatic heterocycles. The van der Waals surface area contributed by atoms with E-state index in [9.17, 15) is 13.6 Å². The number of imidazole rings is 1. The van der Waals surface area contributed by atoms with Crippen LogP contribution in [0.4, 0.5) is 8.78 Å². The number of benzene rings is 2. The van der Waals surface area contributed by atoms with Gasteiger partial charge in [-0.2, -0.15) is 0 Å². The summed E-state index contributed by atoms with van der Waals surface area (Å²) in [6.07, 6.45) is 8.13. The van der Waals surface area contributed by atoms with Crippen molar-refractivity contribution in [2.75, 3.05) is 6.61 Å². The summed E-state index contributed by atoms with van der Waals surface area (Å²) in [5.74, 6) is -2.53. The molecule has 0 radical (unpaired) electrons. The summed E-state index contributed by atoms with van der Waals surface area (Å²) in [7, 11) is 0. The maximum Gasteiger partial charge on any atom is 0.373 e. The molecule has 0 aliphatic heterocycles. The number of aromatic nitrogens is 4. The number of halogens is 3. The molecule has 1 aliphatic rings. The number of carboxylic acid groups (broad SMARTS) is 1. The highest BCUT2D eigenvalue weighted by Gasteiger charge is 2.30. The molecule has 0 amide bonds. The van der Waals surface area contributed by atoms with Gasteiger partial charge in [-0.3, -0.25) is 0 Å². The van der Waals surface area contributed by atoms with Crippen LogP contribution in [0.2, 0.25) is 5.02 Å². The summed E-state index contributed by atoms with van der Waals surface area (Å²) in [6, 6.07) is 9.33. The average molecular weight is 527 g/mol. The maximum atomic E-state index is 14.4. The highest BCUT2D eigenvalue weighted by molar-refractivity contribution is 6.30. The predicted molar refractivity (Wildman–Crippen MR) is 134 cm³/mol. The Hall–Kier alpha value is -3.43. The van der Waals surface area contributed by atoms with Gasteiger partial charge in [-0.25, -0.2) is 28.5 Å². The Labute approximate surface area is 217 Å². The van der Waals surface area contributed by atoms with Crippen LogP contribution in [0, 0.1) is 17.6 Å². The first kappa shape index (κ1) is 25.2. The van der Waals surface area contributed by atoms with Gasteiger partial charge in [-0.1, -0.05) is 30.9 Å². The van der Waals surface area contributed by atoms with E-state index in [1.807, 2.05) is 16.7 Å². The molecule has 10 heteroatoms. The topological polar surface area (TPSA) is 90.1 Å². The highest BCUT2D eigenvalue weighted by atomic mass is 35.5. The number of fused-ring (bicyclic) bond motifs is 1. The lowest BCUT2D eigenvalue weighted by molar-refractivity contribution is 0.0625. The van der Waals surface area contributed by atoms with Gasteiger partial charge in [-0.15, -0.1) is 0 Å². The molecule has 37 heavy (non-hydrogen) atoms. The number of carbonyl (C=O) groups is 1. The number of rotatable bonds is 8. The minimum absolute atomic E-state index is 0.176. The van der Waals surface area contributed by atoms with Crippen LogP contribution in [0.3, 0.4) is 0 Å². The Kier molecular flexibility index (Phi) is 7.43. The van der Waals surface area contributed by atoms with Gasteiger partial charge in [0.05, 0.1) is 30.3 Å². The first-order valence-electron chi connectivity index (χ1n) is 12.2. The summed E-state index contributed by atoms with van der Waals surface area (Å²) in [4.78, 5) is 23.4. The van der Waals surface area contributed by atoms with Gasteiger partial charge in [0.1, 0.15) is 5.82 Å². The van der Waals surface area contributed by atoms with Crippen LogP contribution in [0.5, 0.6) is 0 Å². The van der Waals surface area contributed by atoms with E-state index in [1.165, 1.54) is 18.5 Å². The zero-order chi connectivity index (χ0) is 25.9. The number of ether oxygens (including phenoxy) is 1. The fraction of sp³-hybridized carbons (Fsp3) is 0.333. The molecule has 0 saturated heterocycles. The minimum Gasteiger partial charge on any atom is -0.475 e. The third-order valence-electron chi connectivity index (χ3n) is 6.81. The van der Waals surface area contributed by atoms with Crippen LogP contribution in [-0.2, 0) is 11.3 Å². The van der Waals surface area contributed by atoms with Gasteiger partial charge in [0, 0.05) is 40.7 Å². The molecule has 0 bridgehead atoms. The smallest absolute Gasteiger partial charge is 0.373 e. The van der Waals surface area contributed by atoms with Gasteiger partial charge in [0.15, 0.2) is 11.6 Å². The third kappa shape index (κ3) is 5.47. The summed E-state index contributed by atoms with van der Waals surface area (Å²) < 4.78 is 36.7. The molecule has 192 valence electrons. The Morgan fingerprint density at radius 1 is 1.08 bits per heavy atom. The normalized spacial score (nSPS) is 15.2. The second-order valence-electron chi connectivity index (χ2n) is 9.27. The van der Waals surface area contributed by atoms with Crippen molar-refractivity contribution in [3.63, 3.8) is 0 Å². The molecule has 1 saturated carbocycles. The minimum atomic E-state index is -1.20. The summed E-state index contributed by atoms with van der Waals surface area (Å²) >= 11 is 6.11. The fourth-order valence-corrected chi connectivity index (χ4v) is 5.13. The van der Waals surface area contributed by atoms with E-state index >= 15 is 0 Å².